The van der Waals surface area contributed by atoms with E-state index in [2.05, 4.69) is 20.5 Å². The molecule has 0 radical (unpaired) electrons. The van der Waals surface area contributed by atoms with E-state index in [1.807, 2.05) is 62.6 Å². The summed E-state index contributed by atoms with van der Waals surface area (Å²) in [6.07, 6.45) is 0. The van der Waals surface area contributed by atoms with Crippen LogP contribution >= 0.6 is 11.3 Å². The predicted octanol–water partition coefficient (Wildman–Crippen LogP) is 3.41. The topological polar surface area (TPSA) is 66.5 Å². The van der Waals surface area contributed by atoms with E-state index < -0.39 is 0 Å². The monoisotopic (exact) mass is 384 g/mol. The molecule has 27 heavy (non-hydrogen) atoms. The Morgan fingerprint density at radius 3 is 2.56 bits per heavy atom. The minimum atomic E-state index is -0.199. The van der Waals surface area contributed by atoms with Crippen molar-refractivity contribution in [1.29, 1.82) is 0 Å². The van der Waals surface area contributed by atoms with Crippen LogP contribution in [-0.4, -0.2) is 43.7 Å². The Labute approximate surface area is 163 Å². The Bertz CT molecular complexity index is 859. The fourth-order valence-electron chi connectivity index (χ4n) is 2.83. The maximum absolute atomic E-state index is 12.2. The molecule has 0 aliphatic rings. The molecule has 2 amide bonds. The van der Waals surface area contributed by atoms with Gasteiger partial charge in [-0.2, -0.15) is 0 Å². The second-order valence-corrected chi connectivity index (χ2v) is 7.51. The molecule has 6 nitrogen and oxygen atoms in total. The van der Waals surface area contributed by atoms with Gasteiger partial charge < -0.3 is 20.3 Å². The molecule has 0 fully saturated rings. The molecule has 1 aromatic heterocycles. The van der Waals surface area contributed by atoms with Gasteiger partial charge in [0.15, 0.2) is 0 Å². The van der Waals surface area contributed by atoms with Gasteiger partial charge in [0.2, 0.25) is 0 Å². The van der Waals surface area contributed by atoms with Crippen molar-refractivity contribution < 1.29 is 9.53 Å². The summed E-state index contributed by atoms with van der Waals surface area (Å²) in [5, 5.41) is 6.73. The molecule has 1 atom stereocenters. The number of thiazole rings is 1. The molecule has 142 valence electrons. The van der Waals surface area contributed by atoms with Crippen LogP contribution in [-0.2, 0) is 6.54 Å². The standard InChI is InChI=1S/C20H24N4O2S/c1-24(2)17(14-8-10-15(26-3)11-9-14)12-21-20(25)22-13-19-23-16-6-4-5-7-18(16)27-19/h4-11,17H,12-13H2,1-3H3,(H2,21,22,25). The summed E-state index contributed by atoms with van der Waals surface area (Å²) in [7, 11) is 5.64. The maximum atomic E-state index is 12.2. The number of hydrogen-bond donors (Lipinski definition) is 2. The van der Waals surface area contributed by atoms with Crippen molar-refractivity contribution in [1.82, 2.24) is 20.5 Å². The third-order valence-corrected chi connectivity index (χ3v) is 5.35. The number of nitrogens with zero attached hydrogens (tertiary/aromatic N) is 2. The number of carbonyl (C=O) groups is 1. The number of amides is 2. The zero-order chi connectivity index (χ0) is 19.2. The highest BCUT2D eigenvalue weighted by Crippen LogP contribution is 2.22. The Balaban J connectivity index is 1.54. The lowest BCUT2D eigenvalue weighted by Crippen LogP contribution is -2.40. The summed E-state index contributed by atoms with van der Waals surface area (Å²) >= 11 is 1.60. The summed E-state index contributed by atoms with van der Waals surface area (Å²) in [4.78, 5) is 18.8. The zero-order valence-electron chi connectivity index (χ0n) is 15.7. The average molecular weight is 385 g/mol. The fraction of sp³-hybridized carbons (Fsp3) is 0.300. The number of rotatable bonds is 7. The van der Waals surface area contributed by atoms with E-state index in [0.717, 1.165) is 26.5 Å². The molecular formula is C20H24N4O2S. The van der Waals surface area contributed by atoms with Crippen LogP contribution in [0.2, 0.25) is 0 Å². The average Bonchev–Trinajstić information content (AvgIpc) is 3.10. The summed E-state index contributed by atoms with van der Waals surface area (Å²) < 4.78 is 6.33. The summed E-state index contributed by atoms with van der Waals surface area (Å²) in [6.45, 7) is 0.922. The highest BCUT2D eigenvalue weighted by molar-refractivity contribution is 7.18. The first-order valence-corrected chi connectivity index (χ1v) is 9.55. The number of fused-ring (bicyclic) bond motifs is 1. The van der Waals surface area contributed by atoms with Crippen LogP contribution in [0.15, 0.2) is 48.5 Å². The van der Waals surface area contributed by atoms with E-state index in [-0.39, 0.29) is 12.1 Å². The van der Waals surface area contributed by atoms with Crippen molar-refractivity contribution in [3.05, 3.63) is 59.1 Å². The predicted molar refractivity (Wildman–Crippen MR) is 109 cm³/mol. The minimum absolute atomic E-state index is 0.0732. The van der Waals surface area contributed by atoms with Crippen LogP contribution in [0.1, 0.15) is 16.6 Å². The minimum Gasteiger partial charge on any atom is -0.497 e. The third-order valence-electron chi connectivity index (χ3n) is 4.32. The SMILES string of the molecule is COc1ccc(C(CNC(=O)NCc2nc3ccccc3s2)N(C)C)cc1. The lowest BCUT2D eigenvalue weighted by Gasteiger charge is -2.25. The van der Waals surface area contributed by atoms with Gasteiger partial charge in [0, 0.05) is 6.54 Å². The molecule has 3 aromatic rings. The van der Waals surface area contributed by atoms with Crippen LogP contribution in [0, 0.1) is 0 Å². The van der Waals surface area contributed by atoms with E-state index in [4.69, 9.17) is 4.74 Å². The van der Waals surface area contributed by atoms with Crippen molar-refractivity contribution in [3.63, 3.8) is 0 Å². The van der Waals surface area contributed by atoms with Gasteiger partial charge in [-0.25, -0.2) is 9.78 Å². The van der Waals surface area contributed by atoms with E-state index in [1.54, 1.807) is 18.4 Å². The molecule has 0 spiro atoms. The quantitative estimate of drug-likeness (QED) is 0.655. The first kappa shape index (κ1) is 19.1. The number of benzene rings is 2. The van der Waals surface area contributed by atoms with Gasteiger partial charge in [-0.15, -0.1) is 11.3 Å². The summed E-state index contributed by atoms with van der Waals surface area (Å²) in [5.41, 5.74) is 2.08. The van der Waals surface area contributed by atoms with Gasteiger partial charge in [-0.3, -0.25) is 0 Å². The number of nitrogens with one attached hydrogen (secondary N) is 2. The van der Waals surface area contributed by atoms with Crippen LogP contribution < -0.4 is 15.4 Å². The van der Waals surface area contributed by atoms with Crippen molar-refractivity contribution in [3.8, 4) is 5.75 Å². The Kier molecular flexibility index (Phi) is 6.26. The molecule has 2 aromatic carbocycles. The van der Waals surface area contributed by atoms with Crippen molar-refractivity contribution in [2.24, 2.45) is 0 Å². The molecule has 3 rings (SSSR count). The van der Waals surface area contributed by atoms with Gasteiger partial charge in [0.25, 0.3) is 0 Å². The van der Waals surface area contributed by atoms with Crippen LogP contribution in [0.3, 0.4) is 0 Å². The molecule has 1 unspecified atom stereocenters. The number of likely N-dealkylation sites (N-methyl/N-ethyl adjacent to an activating group) is 1. The van der Waals surface area contributed by atoms with Gasteiger partial charge in [-0.1, -0.05) is 24.3 Å². The van der Waals surface area contributed by atoms with Crippen LogP contribution in [0.5, 0.6) is 5.75 Å². The molecular weight excluding hydrogens is 360 g/mol. The second-order valence-electron chi connectivity index (χ2n) is 6.39. The van der Waals surface area contributed by atoms with Crippen LogP contribution in [0.4, 0.5) is 4.79 Å². The first-order chi connectivity index (χ1) is 13.1. The van der Waals surface area contributed by atoms with Crippen molar-refractivity contribution in [2.75, 3.05) is 27.7 Å². The number of aromatic nitrogens is 1. The number of methoxy groups -OCH3 is 1. The van der Waals surface area contributed by atoms with Crippen LogP contribution in [0.25, 0.3) is 10.2 Å². The first-order valence-electron chi connectivity index (χ1n) is 8.73. The largest absolute Gasteiger partial charge is 0.497 e. The third kappa shape index (κ3) is 4.96. The second kappa shape index (κ2) is 8.83. The van der Waals surface area contributed by atoms with Gasteiger partial charge in [0.05, 0.1) is 29.9 Å². The summed E-state index contributed by atoms with van der Waals surface area (Å²) in [5.74, 6) is 0.817. The van der Waals surface area contributed by atoms with E-state index >= 15 is 0 Å². The lowest BCUT2D eigenvalue weighted by atomic mass is 10.1. The number of carbonyl (C=O) groups excluding carboxylic acids is 1. The summed E-state index contributed by atoms with van der Waals surface area (Å²) in [6, 6.07) is 15.7. The molecule has 0 aliphatic carbocycles. The molecule has 7 heteroatoms. The van der Waals surface area contributed by atoms with Gasteiger partial charge >= 0.3 is 6.03 Å². The molecule has 0 saturated heterocycles. The number of ether oxygens (including phenoxy) is 1. The lowest BCUT2D eigenvalue weighted by molar-refractivity contribution is 0.232. The van der Waals surface area contributed by atoms with E-state index in [9.17, 15) is 4.79 Å². The Morgan fingerprint density at radius 1 is 1.15 bits per heavy atom. The molecule has 1 heterocycles. The van der Waals surface area contributed by atoms with Gasteiger partial charge in [0.1, 0.15) is 10.8 Å². The zero-order valence-corrected chi connectivity index (χ0v) is 16.5. The van der Waals surface area contributed by atoms with Crippen molar-refractivity contribution >= 4 is 27.6 Å². The Hall–Kier alpha value is -2.64. The molecule has 0 bridgehead atoms. The van der Waals surface area contributed by atoms with E-state index in [0.29, 0.717) is 13.1 Å². The smallest absolute Gasteiger partial charge is 0.315 e. The normalized spacial score (nSPS) is 12.1. The number of para-hydroxylation sites is 1. The van der Waals surface area contributed by atoms with Crippen molar-refractivity contribution in [2.45, 2.75) is 12.6 Å². The Morgan fingerprint density at radius 2 is 1.89 bits per heavy atom. The highest BCUT2D eigenvalue weighted by Gasteiger charge is 2.15. The fourth-order valence-corrected chi connectivity index (χ4v) is 3.73. The number of urea groups is 1. The van der Waals surface area contributed by atoms with Gasteiger partial charge in [-0.05, 0) is 43.9 Å². The highest BCUT2D eigenvalue weighted by atomic mass is 32.1. The number of hydrogen-bond acceptors (Lipinski definition) is 5. The molecule has 2 N–H and O–H groups in total. The molecule has 0 aliphatic heterocycles. The maximum Gasteiger partial charge on any atom is 0.315 e. The van der Waals surface area contributed by atoms with E-state index in [1.165, 1.54) is 0 Å². The molecule has 0 saturated carbocycles.